The van der Waals surface area contributed by atoms with Gasteiger partial charge in [0.2, 0.25) is 5.91 Å². The lowest BCUT2D eigenvalue weighted by molar-refractivity contribution is -0.123. The van der Waals surface area contributed by atoms with Gasteiger partial charge in [-0.2, -0.15) is 0 Å². The van der Waals surface area contributed by atoms with Crippen LogP contribution in [0.15, 0.2) is 0 Å². The summed E-state index contributed by atoms with van der Waals surface area (Å²) in [5.41, 5.74) is 0. The van der Waals surface area contributed by atoms with Crippen LogP contribution in [0.5, 0.6) is 0 Å². The summed E-state index contributed by atoms with van der Waals surface area (Å²) in [5.74, 6) is -0.191. The fourth-order valence-corrected chi connectivity index (χ4v) is 6.47. The van der Waals surface area contributed by atoms with Gasteiger partial charge >= 0.3 is 7.82 Å². The minimum atomic E-state index is -4.68. The summed E-state index contributed by atoms with van der Waals surface area (Å²) >= 11 is 0. The van der Waals surface area contributed by atoms with Crippen LogP contribution >= 0.6 is 7.82 Å². The molecule has 1 amide bonds. The number of phosphoric acid groups is 1. The van der Waals surface area contributed by atoms with Gasteiger partial charge in [-0.1, -0.05) is 194 Å². The normalized spacial score (nSPS) is 13.3. The maximum atomic E-state index is 12.5. The van der Waals surface area contributed by atoms with E-state index in [0.29, 0.717) is 12.8 Å². The van der Waals surface area contributed by atoms with Crippen LogP contribution < -0.4 is 5.32 Å². The molecule has 0 rings (SSSR count). The zero-order chi connectivity index (χ0) is 33.3. The minimum Gasteiger partial charge on any atom is -0.391 e. The smallest absolute Gasteiger partial charge is 0.391 e. The van der Waals surface area contributed by atoms with E-state index >= 15 is 0 Å². The Morgan fingerprint density at radius 3 is 1.20 bits per heavy atom. The van der Waals surface area contributed by atoms with Crippen molar-refractivity contribution in [3.63, 3.8) is 0 Å². The molecule has 0 spiro atoms. The van der Waals surface area contributed by atoms with E-state index in [1.54, 1.807) is 0 Å². The third-order valence-corrected chi connectivity index (χ3v) is 9.58. The van der Waals surface area contributed by atoms with Crippen LogP contribution in [0.4, 0.5) is 0 Å². The Hall–Kier alpha value is -0.460. The molecule has 2 atom stereocenters. The Labute approximate surface area is 279 Å². The van der Waals surface area contributed by atoms with Gasteiger partial charge < -0.3 is 20.2 Å². The highest BCUT2D eigenvalue weighted by Crippen LogP contribution is 2.36. The van der Waals surface area contributed by atoms with Gasteiger partial charge in [0, 0.05) is 6.42 Å². The van der Waals surface area contributed by atoms with Gasteiger partial charge in [0.05, 0.1) is 18.8 Å². The number of rotatable bonds is 36. The van der Waals surface area contributed by atoms with E-state index in [1.165, 1.54) is 148 Å². The average Bonchev–Trinajstić information content (AvgIpc) is 3.00. The zero-order valence-electron chi connectivity index (χ0n) is 29.8. The molecule has 0 unspecified atom stereocenters. The van der Waals surface area contributed by atoms with Crippen LogP contribution in [-0.2, 0) is 13.9 Å². The molecule has 0 aliphatic carbocycles. The SMILES string of the molecule is CCCCCCCCCCCCCCCCCCCCCC(=O)N[C@@H](COP(=O)(O)O)[C@H](O)CCCCCCCCCCCC. The molecule has 270 valence electrons. The number of aliphatic hydroxyl groups is 1. The Morgan fingerprint density at radius 1 is 0.556 bits per heavy atom. The molecule has 45 heavy (non-hydrogen) atoms. The Balaban J connectivity index is 3.85. The summed E-state index contributed by atoms with van der Waals surface area (Å²) in [4.78, 5) is 30.8. The largest absolute Gasteiger partial charge is 0.469 e. The molecule has 0 aliphatic heterocycles. The summed E-state index contributed by atoms with van der Waals surface area (Å²) in [5, 5.41) is 13.4. The number of hydrogen-bond donors (Lipinski definition) is 4. The summed E-state index contributed by atoms with van der Waals surface area (Å²) in [6.07, 6.45) is 36.6. The molecule has 7 nitrogen and oxygen atoms in total. The molecule has 0 aromatic heterocycles. The quantitative estimate of drug-likeness (QED) is 0.0392. The summed E-state index contributed by atoms with van der Waals surface area (Å²) < 4.78 is 15.9. The highest BCUT2D eigenvalue weighted by molar-refractivity contribution is 7.46. The van der Waals surface area contributed by atoms with Crippen LogP contribution in [0.1, 0.15) is 213 Å². The van der Waals surface area contributed by atoms with Gasteiger partial charge in [0.1, 0.15) is 0 Å². The fourth-order valence-electron chi connectivity index (χ4n) is 6.11. The first-order valence-corrected chi connectivity index (χ1v) is 21.0. The van der Waals surface area contributed by atoms with Gasteiger partial charge in [-0.3, -0.25) is 9.32 Å². The van der Waals surface area contributed by atoms with Gasteiger partial charge in [-0.25, -0.2) is 4.57 Å². The van der Waals surface area contributed by atoms with E-state index < -0.39 is 26.6 Å². The van der Waals surface area contributed by atoms with Crippen LogP contribution in [0.3, 0.4) is 0 Å². The van der Waals surface area contributed by atoms with Crippen molar-refractivity contribution in [2.75, 3.05) is 6.61 Å². The van der Waals surface area contributed by atoms with Crippen molar-refractivity contribution in [3.8, 4) is 0 Å². The van der Waals surface area contributed by atoms with E-state index in [4.69, 9.17) is 9.79 Å². The highest BCUT2D eigenvalue weighted by atomic mass is 31.2. The molecule has 0 aromatic rings. The van der Waals surface area contributed by atoms with Crippen molar-refractivity contribution < 1.29 is 28.8 Å². The number of aliphatic hydroxyl groups excluding tert-OH is 1. The lowest BCUT2D eigenvalue weighted by Crippen LogP contribution is -2.46. The lowest BCUT2D eigenvalue weighted by Gasteiger charge is -2.24. The maximum absolute atomic E-state index is 12.5. The third kappa shape index (κ3) is 34.7. The second-order valence-electron chi connectivity index (χ2n) is 13.6. The Bertz CT molecular complexity index is 673. The van der Waals surface area contributed by atoms with Crippen molar-refractivity contribution >= 4 is 13.7 Å². The topological polar surface area (TPSA) is 116 Å². The van der Waals surface area contributed by atoms with Crippen LogP contribution in [0, 0.1) is 0 Å². The molecule has 0 aliphatic rings. The molecule has 0 aromatic carbocycles. The molecule has 0 saturated carbocycles. The molecule has 0 heterocycles. The van der Waals surface area contributed by atoms with E-state index in [-0.39, 0.29) is 5.91 Å². The molecule has 0 radical (unpaired) electrons. The predicted octanol–water partition coefficient (Wildman–Crippen LogP) is 11.1. The molecule has 4 N–H and O–H groups in total. The molecule has 0 saturated heterocycles. The van der Waals surface area contributed by atoms with Gasteiger partial charge in [0.25, 0.3) is 0 Å². The third-order valence-electron chi connectivity index (χ3n) is 9.09. The van der Waals surface area contributed by atoms with E-state index in [2.05, 4.69) is 23.7 Å². The number of phosphoric ester groups is 1. The molecule has 0 fully saturated rings. The van der Waals surface area contributed by atoms with Crippen molar-refractivity contribution in [1.29, 1.82) is 0 Å². The second-order valence-corrected chi connectivity index (χ2v) is 14.9. The van der Waals surface area contributed by atoms with Crippen LogP contribution in [0.25, 0.3) is 0 Å². The molecular formula is C37H76NO6P. The number of hydrogen-bond acceptors (Lipinski definition) is 4. The average molecular weight is 662 g/mol. The van der Waals surface area contributed by atoms with Gasteiger partial charge in [-0.15, -0.1) is 0 Å². The monoisotopic (exact) mass is 662 g/mol. The predicted molar refractivity (Wildman–Crippen MR) is 190 cm³/mol. The first-order valence-electron chi connectivity index (χ1n) is 19.5. The second kappa shape index (κ2) is 33.4. The zero-order valence-corrected chi connectivity index (χ0v) is 30.7. The number of carbonyl (C=O) groups excluding carboxylic acids is 1. The van der Waals surface area contributed by atoms with Crippen LogP contribution in [-0.4, -0.2) is 39.6 Å². The van der Waals surface area contributed by atoms with E-state index in [9.17, 15) is 14.5 Å². The van der Waals surface area contributed by atoms with Gasteiger partial charge in [0.15, 0.2) is 0 Å². The van der Waals surface area contributed by atoms with Crippen molar-refractivity contribution in [2.24, 2.45) is 0 Å². The summed E-state index contributed by atoms with van der Waals surface area (Å²) in [6, 6.07) is -0.816. The van der Waals surface area contributed by atoms with Gasteiger partial charge in [-0.05, 0) is 12.8 Å². The molecular weight excluding hydrogens is 585 g/mol. The van der Waals surface area contributed by atoms with Crippen molar-refractivity contribution in [2.45, 2.75) is 225 Å². The number of carbonyl (C=O) groups is 1. The molecule has 0 bridgehead atoms. The fraction of sp³-hybridized carbons (Fsp3) is 0.973. The van der Waals surface area contributed by atoms with E-state index in [1.807, 2.05) is 0 Å². The van der Waals surface area contributed by atoms with Crippen LogP contribution in [0.2, 0.25) is 0 Å². The highest BCUT2D eigenvalue weighted by Gasteiger charge is 2.25. The number of nitrogens with one attached hydrogen (secondary N) is 1. The Kier molecular flexibility index (Phi) is 33.1. The number of unbranched alkanes of at least 4 members (excludes halogenated alkanes) is 27. The lowest BCUT2D eigenvalue weighted by atomic mass is 10.0. The maximum Gasteiger partial charge on any atom is 0.469 e. The molecule has 8 heteroatoms. The number of amides is 1. The summed E-state index contributed by atoms with van der Waals surface area (Å²) in [6.45, 7) is 4.11. The van der Waals surface area contributed by atoms with Crippen molar-refractivity contribution in [1.82, 2.24) is 5.32 Å². The van der Waals surface area contributed by atoms with E-state index in [0.717, 1.165) is 38.5 Å². The first-order chi connectivity index (χ1) is 21.8. The Morgan fingerprint density at radius 2 is 0.867 bits per heavy atom. The van der Waals surface area contributed by atoms with Crippen molar-refractivity contribution in [3.05, 3.63) is 0 Å². The standard InChI is InChI=1S/C37H76NO6P/c1-3-5-7-9-11-13-15-16-17-18-19-20-21-22-23-25-27-29-31-33-37(40)38-35(34-44-45(41,42)43)36(39)32-30-28-26-24-14-12-10-8-6-4-2/h35-36,39H,3-34H2,1-2H3,(H,38,40)(H2,41,42,43)/t35-,36+/m0/s1. The minimum absolute atomic E-state index is 0.191. The summed E-state index contributed by atoms with van der Waals surface area (Å²) in [7, 11) is -4.68. The first kappa shape index (κ1) is 44.5.